The number of fused-ring (bicyclic) bond motifs is 1. The van der Waals surface area contributed by atoms with Gasteiger partial charge in [-0.15, -0.1) is 0 Å². The Balaban J connectivity index is 1.02. The summed E-state index contributed by atoms with van der Waals surface area (Å²) < 4.78 is 11.2. The van der Waals surface area contributed by atoms with Gasteiger partial charge in [0.2, 0.25) is 11.9 Å². The summed E-state index contributed by atoms with van der Waals surface area (Å²) in [6.07, 6.45) is 12.6. The molecule has 3 aliphatic heterocycles. The smallest absolute Gasteiger partial charge is 0.251 e. The normalized spacial score (nSPS) is 30.9. The first-order valence-corrected chi connectivity index (χ1v) is 16.7. The lowest BCUT2D eigenvalue weighted by molar-refractivity contribution is -0.135. The molecule has 11 nitrogen and oxygen atoms in total. The monoisotopic (exact) mass is 605 g/mol. The highest BCUT2D eigenvalue weighted by Crippen LogP contribution is 2.51. The zero-order valence-electron chi connectivity index (χ0n) is 26.2. The van der Waals surface area contributed by atoms with Crippen LogP contribution in [0, 0.1) is 5.41 Å². The largest absolute Gasteiger partial charge is 0.495 e. The van der Waals surface area contributed by atoms with E-state index in [2.05, 4.69) is 25.4 Å². The van der Waals surface area contributed by atoms with Gasteiger partial charge < -0.3 is 25.0 Å². The van der Waals surface area contributed by atoms with Crippen molar-refractivity contribution in [3.63, 3.8) is 0 Å². The zero-order valence-corrected chi connectivity index (χ0v) is 26.2. The number of carbonyl (C=O) groups is 2. The summed E-state index contributed by atoms with van der Waals surface area (Å²) in [5.41, 5.74) is 1.02. The Morgan fingerprint density at radius 3 is 2.50 bits per heavy atom. The zero-order chi connectivity index (χ0) is 30.3. The number of anilines is 1. The highest BCUT2D eigenvalue weighted by Gasteiger charge is 2.58. The maximum Gasteiger partial charge on any atom is 0.251 e. The van der Waals surface area contributed by atoms with Crippen molar-refractivity contribution >= 4 is 29.7 Å². The Labute approximate surface area is 260 Å². The van der Waals surface area contributed by atoms with Crippen LogP contribution in [0.25, 0.3) is 0 Å². The van der Waals surface area contributed by atoms with Gasteiger partial charge in [-0.05, 0) is 69.6 Å². The summed E-state index contributed by atoms with van der Waals surface area (Å²) in [5.74, 6) is 1.21. The van der Waals surface area contributed by atoms with Crippen LogP contribution in [0.4, 0.5) is 5.69 Å². The molecule has 2 saturated heterocycles. The van der Waals surface area contributed by atoms with Gasteiger partial charge in [-0.25, -0.2) is 9.98 Å². The summed E-state index contributed by atoms with van der Waals surface area (Å²) in [6.45, 7) is 4.44. The van der Waals surface area contributed by atoms with Crippen LogP contribution in [0.15, 0.2) is 28.2 Å². The van der Waals surface area contributed by atoms with Crippen LogP contribution in [0.2, 0.25) is 0 Å². The van der Waals surface area contributed by atoms with Crippen molar-refractivity contribution in [2.45, 2.75) is 94.5 Å². The molecule has 2 N–H and O–H groups in total. The molecular formula is C33H47N7O4. The number of benzene rings is 1. The Bertz CT molecular complexity index is 1290. The van der Waals surface area contributed by atoms with E-state index in [1.807, 2.05) is 30.3 Å². The van der Waals surface area contributed by atoms with E-state index in [0.717, 1.165) is 84.2 Å². The van der Waals surface area contributed by atoms with Gasteiger partial charge >= 0.3 is 0 Å². The number of guanidine groups is 1. The van der Waals surface area contributed by atoms with Crippen molar-refractivity contribution < 1.29 is 19.1 Å². The van der Waals surface area contributed by atoms with Crippen molar-refractivity contribution in [1.29, 1.82) is 0 Å². The molecule has 44 heavy (non-hydrogen) atoms. The van der Waals surface area contributed by atoms with Gasteiger partial charge in [0.25, 0.3) is 5.91 Å². The maximum absolute atomic E-state index is 13.4. The number of aliphatic imine (C=N–C) groups is 2. The number of likely N-dealkylation sites (N-methyl/N-ethyl adjacent to an activating group) is 1. The van der Waals surface area contributed by atoms with Gasteiger partial charge in [0.1, 0.15) is 18.0 Å². The van der Waals surface area contributed by atoms with Gasteiger partial charge in [0, 0.05) is 56.6 Å². The minimum atomic E-state index is -0.257. The van der Waals surface area contributed by atoms with E-state index in [0.29, 0.717) is 35.0 Å². The molecule has 5 fully saturated rings. The number of hydrogen-bond acceptors (Lipinski definition) is 9. The molecule has 0 radical (unpaired) electrons. The third-order valence-electron chi connectivity index (χ3n) is 10.9. The van der Waals surface area contributed by atoms with E-state index in [4.69, 9.17) is 14.5 Å². The number of amides is 2. The topological polar surface area (TPSA) is 111 Å². The first kappa shape index (κ1) is 29.7. The van der Waals surface area contributed by atoms with Crippen molar-refractivity contribution in [2.24, 2.45) is 15.4 Å². The van der Waals surface area contributed by atoms with E-state index >= 15 is 0 Å². The molecule has 1 aromatic carbocycles. The van der Waals surface area contributed by atoms with Crippen LogP contribution in [-0.4, -0.2) is 116 Å². The molecule has 3 heterocycles. The molecule has 0 bridgehead atoms. The van der Waals surface area contributed by atoms with Crippen molar-refractivity contribution in [1.82, 2.24) is 20.0 Å². The van der Waals surface area contributed by atoms with Crippen molar-refractivity contribution in [3.05, 3.63) is 23.8 Å². The second-order valence-corrected chi connectivity index (χ2v) is 13.6. The molecule has 1 aromatic rings. The number of nitrogens with zero attached hydrogens (tertiary/aromatic N) is 5. The van der Waals surface area contributed by atoms with Crippen LogP contribution in [-0.2, 0) is 9.53 Å². The Hall–Kier alpha value is -3.02. The molecule has 0 aromatic heterocycles. The van der Waals surface area contributed by atoms with Crippen LogP contribution in [0.1, 0.15) is 74.6 Å². The van der Waals surface area contributed by atoms with Gasteiger partial charge in [-0.2, -0.15) is 0 Å². The van der Waals surface area contributed by atoms with Crippen LogP contribution in [0.3, 0.4) is 0 Å². The molecule has 3 saturated carbocycles. The molecule has 6 aliphatic rings. The first-order chi connectivity index (χ1) is 21.4. The average Bonchev–Trinajstić information content (AvgIpc) is 3.67. The summed E-state index contributed by atoms with van der Waals surface area (Å²) in [4.78, 5) is 43.3. The number of carbonyl (C=O) groups excluding carboxylic acids is 2. The summed E-state index contributed by atoms with van der Waals surface area (Å²) >= 11 is 0. The lowest BCUT2D eigenvalue weighted by Crippen LogP contribution is -2.53. The predicted molar refractivity (Wildman–Crippen MR) is 169 cm³/mol. The summed E-state index contributed by atoms with van der Waals surface area (Å²) in [6, 6.07) is 6.51. The second-order valence-electron chi connectivity index (χ2n) is 13.6. The lowest BCUT2D eigenvalue weighted by atomic mass is 9.89. The number of morpholine rings is 1. The molecule has 2 unspecified atom stereocenters. The molecular weight excluding hydrogens is 558 g/mol. The van der Waals surface area contributed by atoms with E-state index in [-0.39, 0.29) is 35.5 Å². The number of methoxy groups -OCH3 is 1. The molecule has 11 heteroatoms. The van der Waals surface area contributed by atoms with Crippen molar-refractivity contribution in [3.8, 4) is 5.75 Å². The summed E-state index contributed by atoms with van der Waals surface area (Å²) in [7, 11) is 3.51. The van der Waals surface area contributed by atoms with Gasteiger partial charge in [0.15, 0.2) is 0 Å². The van der Waals surface area contributed by atoms with E-state index in [1.165, 1.54) is 12.8 Å². The number of ether oxygens (including phenoxy) is 2. The van der Waals surface area contributed by atoms with Gasteiger partial charge in [-0.1, -0.05) is 12.8 Å². The standard InChI is InChI=1S/C33H47N7O4/c1-38-27-20-34-32(37-29(27)40(25-5-3-4-6-25)21-33(13-14-33)31(38)42)36-26-12-7-22(19-28(26)43-2)30(41)35-23-8-10-24(11-9-23)39-15-17-44-18-16-39/h7,12,19-20,23-25,27,29H,3-6,8-11,13-18,21H2,1-2H3,(H,35,41)(H,36,37)/t23-,24-,27?,29?. The Kier molecular flexibility index (Phi) is 8.37. The fourth-order valence-electron chi connectivity index (χ4n) is 8.07. The van der Waals surface area contributed by atoms with Gasteiger partial charge in [0.05, 0.1) is 31.4 Å². The van der Waals surface area contributed by atoms with Crippen LogP contribution >= 0.6 is 0 Å². The highest BCUT2D eigenvalue weighted by molar-refractivity contribution is 6.03. The van der Waals surface area contributed by atoms with Crippen molar-refractivity contribution in [2.75, 3.05) is 52.3 Å². The third-order valence-corrected chi connectivity index (χ3v) is 10.9. The minimum absolute atomic E-state index is 0.0760. The first-order valence-electron chi connectivity index (χ1n) is 16.7. The number of nitrogens with one attached hydrogen (secondary N) is 2. The minimum Gasteiger partial charge on any atom is -0.495 e. The fraction of sp³-hybridized carbons (Fsp3) is 0.697. The molecule has 2 atom stereocenters. The average molecular weight is 606 g/mol. The third kappa shape index (κ3) is 5.86. The van der Waals surface area contributed by atoms with E-state index in [1.54, 1.807) is 13.2 Å². The highest BCUT2D eigenvalue weighted by atomic mass is 16.5. The Morgan fingerprint density at radius 2 is 1.80 bits per heavy atom. The quantitative estimate of drug-likeness (QED) is 0.513. The number of hydrogen-bond donors (Lipinski definition) is 2. The Morgan fingerprint density at radius 1 is 1.05 bits per heavy atom. The fourth-order valence-corrected chi connectivity index (χ4v) is 8.07. The lowest BCUT2D eigenvalue weighted by Gasteiger charge is -2.38. The predicted octanol–water partition coefficient (Wildman–Crippen LogP) is 3.11. The summed E-state index contributed by atoms with van der Waals surface area (Å²) in [5, 5.41) is 6.62. The molecule has 7 rings (SSSR count). The SMILES string of the molecule is COc1cc(C(=O)N[C@H]2CC[C@H](N3CCOCC3)CC2)ccc1NC1=NC2C(C=N1)N(C)C(=O)C1(CC1)CN2C1CCCC1. The number of rotatable bonds is 6. The van der Waals surface area contributed by atoms with Crippen LogP contribution < -0.4 is 15.4 Å². The van der Waals surface area contributed by atoms with E-state index < -0.39 is 0 Å². The maximum atomic E-state index is 13.4. The molecule has 238 valence electrons. The van der Waals surface area contributed by atoms with Crippen LogP contribution in [0.5, 0.6) is 5.75 Å². The molecule has 3 aliphatic carbocycles. The molecule has 2 amide bonds. The van der Waals surface area contributed by atoms with Gasteiger partial charge in [-0.3, -0.25) is 19.4 Å². The second kappa shape index (κ2) is 12.4. The van der Waals surface area contributed by atoms with E-state index in [9.17, 15) is 9.59 Å². The molecule has 1 spiro atoms.